The molecular formula is C20H30N4. The molecule has 3 unspecified atom stereocenters. The molecule has 0 spiro atoms. The minimum atomic E-state index is 0.00214. The summed E-state index contributed by atoms with van der Waals surface area (Å²) in [4.78, 5) is 5.12. The van der Waals surface area contributed by atoms with Gasteiger partial charge in [-0.15, -0.1) is 0 Å². The molecule has 3 atom stereocenters. The molecule has 130 valence electrons. The lowest BCUT2D eigenvalue weighted by atomic mass is 9.93. The summed E-state index contributed by atoms with van der Waals surface area (Å²) in [6.07, 6.45) is 14.2. The van der Waals surface area contributed by atoms with E-state index >= 15 is 0 Å². The minimum Gasteiger partial charge on any atom is -0.372 e. The highest BCUT2D eigenvalue weighted by Gasteiger charge is 2.38. The highest BCUT2D eigenvalue weighted by molar-refractivity contribution is 5.33. The lowest BCUT2D eigenvalue weighted by Crippen LogP contribution is -2.61. The summed E-state index contributed by atoms with van der Waals surface area (Å²) in [6.45, 7) is 11.4. The lowest BCUT2D eigenvalue weighted by Gasteiger charge is -2.48. The maximum atomic E-state index is 3.87. The van der Waals surface area contributed by atoms with Gasteiger partial charge in [0, 0.05) is 37.8 Å². The zero-order valence-corrected chi connectivity index (χ0v) is 15.2. The van der Waals surface area contributed by atoms with Gasteiger partial charge >= 0.3 is 0 Å². The first-order valence-corrected chi connectivity index (χ1v) is 9.33. The zero-order chi connectivity index (χ0) is 16.7. The predicted molar refractivity (Wildman–Crippen MR) is 99.1 cm³/mol. The molecule has 24 heavy (non-hydrogen) atoms. The average Bonchev–Trinajstić information content (AvgIpc) is 2.93. The molecule has 2 N–H and O–H groups in total. The Balaban J connectivity index is 1.45. The Bertz CT molecular complexity index is 626. The molecule has 0 aromatic heterocycles. The van der Waals surface area contributed by atoms with Crippen molar-refractivity contribution >= 4 is 0 Å². The van der Waals surface area contributed by atoms with Crippen LogP contribution in [0.2, 0.25) is 0 Å². The number of allylic oxidation sites excluding steroid dienone is 4. The number of nitrogens with one attached hydrogen (secondary N) is 2. The topological polar surface area (TPSA) is 30.5 Å². The molecular weight excluding hydrogens is 296 g/mol. The second-order valence-electron chi connectivity index (χ2n) is 7.94. The number of hydrogen-bond acceptors (Lipinski definition) is 4. The van der Waals surface area contributed by atoms with Crippen molar-refractivity contribution < 1.29 is 0 Å². The van der Waals surface area contributed by atoms with Gasteiger partial charge in [-0.25, -0.2) is 0 Å². The van der Waals surface area contributed by atoms with Gasteiger partial charge < -0.3 is 10.6 Å². The van der Waals surface area contributed by atoms with Crippen LogP contribution in [0.15, 0.2) is 47.3 Å². The van der Waals surface area contributed by atoms with Crippen molar-refractivity contribution in [2.45, 2.75) is 45.4 Å². The molecule has 4 aliphatic heterocycles. The van der Waals surface area contributed by atoms with Gasteiger partial charge in [-0.1, -0.05) is 5.57 Å². The minimum absolute atomic E-state index is 0.00214. The highest BCUT2D eigenvalue weighted by Crippen LogP contribution is 2.32. The van der Waals surface area contributed by atoms with Gasteiger partial charge in [0.25, 0.3) is 0 Å². The number of hydrogen-bond donors (Lipinski definition) is 2. The molecule has 4 heterocycles. The second-order valence-corrected chi connectivity index (χ2v) is 7.94. The maximum absolute atomic E-state index is 3.87. The summed E-state index contributed by atoms with van der Waals surface area (Å²) < 4.78 is 0. The Hall–Kier alpha value is -1.52. The van der Waals surface area contributed by atoms with Crippen LogP contribution in [0.1, 0.15) is 33.6 Å². The van der Waals surface area contributed by atoms with Crippen LogP contribution in [0.25, 0.3) is 0 Å². The monoisotopic (exact) mass is 326 g/mol. The number of nitrogens with zero attached hydrogens (tertiary/aromatic N) is 2. The molecule has 4 heteroatoms. The largest absolute Gasteiger partial charge is 0.372 e. The van der Waals surface area contributed by atoms with Crippen molar-refractivity contribution in [2.75, 3.05) is 26.2 Å². The summed E-state index contributed by atoms with van der Waals surface area (Å²) in [7, 11) is 0. The van der Waals surface area contributed by atoms with Crippen molar-refractivity contribution in [3.63, 3.8) is 0 Å². The average molecular weight is 326 g/mol. The molecule has 4 nitrogen and oxygen atoms in total. The number of likely N-dealkylation sites (tertiary alicyclic amines) is 2. The quantitative estimate of drug-likeness (QED) is 0.834. The fraction of sp³-hybridized carbons (Fsp3) is 0.600. The Labute approximate surface area is 146 Å². The third kappa shape index (κ3) is 2.93. The summed E-state index contributed by atoms with van der Waals surface area (Å²) in [5.74, 6) is 0.607. The smallest absolute Gasteiger partial charge is 0.107 e. The van der Waals surface area contributed by atoms with E-state index in [1.54, 1.807) is 0 Å². The van der Waals surface area contributed by atoms with Gasteiger partial charge in [0.2, 0.25) is 0 Å². The Kier molecular flexibility index (Phi) is 4.05. The van der Waals surface area contributed by atoms with Gasteiger partial charge in [0.15, 0.2) is 0 Å². The molecule has 0 bridgehead atoms. The highest BCUT2D eigenvalue weighted by atomic mass is 15.4. The molecule has 0 aromatic rings. The van der Waals surface area contributed by atoms with Gasteiger partial charge in [0.05, 0.1) is 6.17 Å². The van der Waals surface area contributed by atoms with Gasteiger partial charge in [-0.3, -0.25) is 9.80 Å². The molecule has 4 rings (SSSR count). The van der Waals surface area contributed by atoms with Crippen molar-refractivity contribution in [1.29, 1.82) is 0 Å². The lowest BCUT2D eigenvalue weighted by molar-refractivity contribution is 0.0546. The molecule has 2 fully saturated rings. The Morgan fingerprint density at radius 1 is 1.17 bits per heavy atom. The third-order valence-corrected chi connectivity index (χ3v) is 5.89. The van der Waals surface area contributed by atoms with Crippen LogP contribution in [0.4, 0.5) is 0 Å². The van der Waals surface area contributed by atoms with Crippen molar-refractivity contribution in [1.82, 2.24) is 20.4 Å². The number of rotatable bonds is 3. The zero-order valence-electron chi connectivity index (χ0n) is 15.2. The summed E-state index contributed by atoms with van der Waals surface area (Å²) in [5, 5.41) is 7.36. The standard InChI is InChI=1S/C20H30N4/c1-15-5-7-21-19(12-15)23-10-6-17(14-23)18-11-16(2)13-20(3,22-18)24-8-4-9-24/h5,7,11-13,17,19,21-22H,4,6,8-10,14H2,1-3H3. The van der Waals surface area contributed by atoms with E-state index in [1.165, 1.54) is 42.8 Å². The van der Waals surface area contributed by atoms with E-state index in [9.17, 15) is 0 Å². The van der Waals surface area contributed by atoms with Crippen LogP contribution in [0, 0.1) is 5.92 Å². The van der Waals surface area contributed by atoms with Crippen LogP contribution in [0.3, 0.4) is 0 Å². The molecule has 0 saturated carbocycles. The predicted octanol–water partition coefficient (Wildman–Crippen LogP) is 2.55. The van der Waals surface area contributed by atoms with E-state index in [2.05, 4.69) is 71.7 Å². The first kappa shape index (κ1) is 16.0. The van der Waals surface area contributed by atoms with Crippen LogP contribution in [-0.2, 0) is 0 Å². The van der Waals surface area contributed by atoms with Crippen molar-refractivity contribution in [3.05, 3.63) is 47.3 Å². The van der Waals surface area contributed by atoms with Crippen molar-refractivity contribution in [3.8, 4) is 0 Å². The second kappa shape index (κ2) is 6.08. The van der Waals surface area contributed by atoms with Crippen LogP contribution in [-0.4, -0.2) is 47.8 Å². The van der Waals surface area contributed by atoms with E-state index in [0.717, 1.165) is 13.1 Å². The van der Waals surface area contributed by atoms with E-state index in [1.807, 2.05) is 0 Å². The maximum Gasteiger partial charge on any atom is 0.107 e. The van der Waals surface area contributed by atoms with Crippen LogP contribution < -0.4 is 10.6 Å². The fourth-order valence-corrected chi connectivity index (χ4v) is 4.40. The Morgan fingerprint density at radius 3 is 2.71 bits per heavy atom. The van der Waals surface area contributed by atoms with E-state index in [0.29, 0.717) is 12.1 Å². The summed E-state index contributed by atoms with van der Waals surface area (Å²) in [6, 6.07) is 0. The van der Waals surface area contributed by atoms with Crippen LogP contribution in [0.5, 0.6) is 0 Å². The van der Waals surface area contributed by atoms with E-state index in [4.69, 9.17) is 0 Å². The molecule has 2 saturated heterocycles. The normalized spacial score (nSPS) is 37.0. The van der Waals surface area contributed by atoms with Crippen LogP contribution >= 0.6 is 0 Å². The fourth-order valence-electron chi connectivity index (χ4n) is 4.40. The van der Waals surface area contributed by atoms with Gasteiger partial charge in [-0.2, -0.15) is 0 Å². The molecule has 0 aliphatic carbocycles. The van der Waals surface area contributed by atoms with E-state index < -0.39 is 0 Å². The van der Waals surface area contributed by atoms with E-state index in [-0.39, 0.29) is 5.66 Å². The molecule has 4 aliphatic rings. The molecule has 0 radical (unpaired) electrons. The third-order valence-electron chi connectivity index (χ3n) is 5.89. The first-order valence-electron chi connectivity index (χ1n) is 9.33. The van der Waals surface area contributed by atoms with Crippen molar-refractivity contribution in [2.24, 2.45) is 5.92 Å². The molecule has 0 aromatic carbocycles. The molecule has 0 amide bonds. The summed E-state index contributed by atoms with van der Waals surface area (Å²) >= 11 is 0. The van der Waals surface area contributed by atoms with Gasteiger partial charge in [0.1, 0.15) is 5.66 Å². The Morgan fingerprint density at radius 2 is 2.00 bits per heavy atom. The summed E-state index contributed by atoms with van der Waals surface area (Å²) in [5.41, 5.74) is 4.17. The first-order chi connectivity index (χ1) is 11.5. The number of dihydropyridines is 2. The van der Waals surface area contributed by atoms with Gasteiger partial charge in [-0.05, 0) is 69.7 Å². The SMILES string of the molecule is CC1=CC(N2CCC(C3=CC(C)=CC(C)(N4CCC4)N3)C2)NC=C1.